The maximum absolute atomic E-state index is 14.3. The Labute approximate surface area is 249 Å². The molecule has 6 rings (SSSR count). The van der Waals surface area contributed by atoms with E-state index in [9.17, 15) is 9.90 Å². The molecule has 0 bridgehead atoms. The van der Waals surface area contributed by atoms with Crippen molar-refractivity contribution in [3.8, 4) is 11.3 Å². The minimum atomic E-state index is -0.142. The number of piperidine rings is 2. The summed E-state index contributed by atoms with van der Waals surface area (Å²) >= 11 is 0. The first kappa shape index (κ1) is 28.5. The Hall–Kier alpha value is -3.58. The lowest BCUT2D eigenvalue weighted by Crippen LogP contribution is -2.48. The Bertz CT molecular complexity index is 1480. The summed E-state index contributed by atoms with van der Waals surface area (Å²) in [6.07, 6.45) is 4.63. The fourth-order valence-corrected chi connectivity index (χ4v) is 6.75. The lowest BCUT2D eigenvalue weighted by atomic mass is 9.93. The van der Waals surface area contributed by atoms with Gasteiger partial charge in [0.2, 0.25) is 0 Å². The molecule has 2 fully saturated rings. The highest BCUT2D eigenvalue weighted by molar-refractivity contribution is 6.09. The van der Waals surface area contributed by atoms with Gasteiger partial charge in [-0.25, -0.2) is 4.98 Å². The monoisotopic (exact) mass is 562 g/mol. The molecule has 2 N–H and O–H groups in total. The third-order valence-electron chi connectivity index (χ3n) is 9.14. The number of nitrogens with zero attached hydrogens (tertiary/aromatic N) is 3. The van der Waals surface area contributed by atoms with Crippen molar-refractivity contribution in [2.24, 2.45) is 0 Å². The molecule has 6 heteroatoms. The number of aliphatic hydroxyl groups is 1. The molecular weight excluding hydrogens is 520 g/mol. The summed E-state index contributed by atoms with van der Waals surface area (Å²) in [6, 6.07) is 29.1. The zero-order valence-corrected chi connectivity index (χ0v) is 24.6. The number of hydrogen-bond donors (Lipinski definition) is 2. The summed E-state index contributed by atoms with van der Waals surface area (Å²) in [7, 11) is 0. The maximum Gasteiger partial charge on any atom is 0.252 e. The fourth-order valence-electron chi connectivity index (χ4n) is 6.75. The Morgan fingerprint density at radius 1 is 0.881 bits per heavy atom. The Morgan fingerprint density at radius 3 is 2.21 bits per heavy atom. The first-order valence-electron chi connectivity index (χ1n) is 15.6. The van der Waals surface area contributed by atoms with Crippen LogP contribution in [0.1, 0.15) is 66.6 Å². The van der Waals surface area contributed by atoms with Crippen LogP contribution in [-0.4, -0.2) is 64.1 Å². The van der Waals surface area contributed by atoms with Crippen LogP contribution in [0.3, 0.4) is 0 Å². The molecule has 1 aromatic heterocycles. The van der Waals surface area contributed by atoms with Gasteiger partial charge >= 0.3 is 0 Å². The number of likely N-dealkylation sites (tertiary alicyclic amines) is 2. The highest BCUT2D eigenvalue weighted by Gasteiger charge is 2.30. The molecule has 0 aliphatic carbocycles. The molecule has 0 saturated carbocycles. The van der Waals surface area contributed by atoms with E-state index in [-0.39, 0.29) is 18.1 Å². The van der Waals surface area contributed by atoms with Crippen LogP contribution in [0.25, 0.3) is 22.2 Å². The first-order chi connectivity index (χ1) is 20.6. The van der Waals surface area contributed by atoms with Crippen molar-refractivity contribution in [1.29, 1.82) is 0 Å². The molecule has 2 saturated heterocycles. The van der Waals surface area contributed by atoms with Crippen molar-refractivity contribution in [1.82, 2.24) is 20.1 Å². The van der Waals surface area contributed by atoms with Gasteiger partial charge in [0, 0.05) is 42.2 Å². The fraction of sp³-hybridized carbons (Fsp3) is 0.389. The minimum Gasteiger partial charge on any atom is -0.393 e. The molecule has 4 aromatic rings. The first-order valence-corrected chi connectivity index (χ1v) is 15.6. The second-order valence-corrected chi connectivity index (χ2v) is 11.8. The molecule has 0 radical (unpaired) electrons. The van der Waals surface area contributed by atoms with Crippen molar-refractivity contribution in [2.45, 2.75) is 63.8 Å². The predicted molar refractivity (Wildman–Crippen MR) is 169 cm³/mol. The van der Waals surface area contributed by atoms with E-state index in [1.54, 1.807) is 0 Å². The lowest BCUT2D eigenvalue weighted by molar-refractivity contribution is 0.0375. The van der Waals surface area contributed by atoms with E-state index in [2.05, 4.69) is 46.3 Å². The molecule has 0 spiro atoms. The van der Waals surface area contributed by atoms with Crippen molar-refractivity contribution < 1.29 is 9.90 Å². The largest absolute Gasteiger partial charge is 0.393 e. The van der Waals surface area contributed by atoms with Gasteiger partial charge in [0.25, 0.3) is 5.91 Å². The number of pyridine rings is 1. The van der Waals surface area contributed by atoms with E-state index in [1.807, 2.05) is 60.7 Å². The van der Waals surface area contributed by atoms with E-state index in [0.717, 1.165) is 97.1 Å². The van der Waals surface area contributed by atoms with Crippen LogP contribution >= 0.6 is 0 Å². The van der Waals surface area contributed by atoms with Gasteiger partial charge in [-0.15, -0.1) is 0 Å². The Morgan fingerprint density at radius 2 is 1.52 bits per heavy atom. The molecule has 1 amide bonds. The lowest BCUT2D eigenvalue weighted by Gasteiger charge is -2.41. The number of para-hydroxylation sites is 1. The zero-order chi connectivity index (χ0) is 28.9. The van der Waals surface area contributed by atoms with Crippen LogP contribution in [-0.2, 0) is 6.54 Å². The van der Waals surface area contributed by atoms with Crippen LogP contribution in [0.4, 0.5) is 0 Å². The number of aromatic nitrogens is 1. The summed E-state index contributed by atoms with van der Waals surface area (Å²) in [6.45, 7) is 6.73. The van der Waals surface area contributed by atoms with Crippen LogP contribution < -0.4 is 5.32 Å². The Balaban J connectivity index is 1.34. The third-order valence-corrected chi connectivity index (χ3v) is 9.14. The normalized spacial score (nSPS) is 18.2. The molecular formula is C36H42N4O2. The van der Waals surface area contributed by atoms with Crippen LogP contribution in [0.5, 0.6) is 0 Å². The molecule has 2 aliphatic rings. The smallest absolute Gasteiger partial charge is 0.252 e. The number of hydrogen-bond acceptors (Lipinski definition) is 5. The van der Waals surface area contributed by atoms with Gasteiger partial charge in [-0.05, 0) is 56.8 Å². The topological polar surface area (TPSA) is 68.7 Å². The molecule has 2 aliphatic heterocycles. The number of benzene rings is 3. The van der Waals surface area contributed by atoms with Gasteiger partial charge in [-0.1, -0.05) is 85.8 Å². The summed E-state index contributed by atoms with van der Waals surface area (Å²) in [4.78, 5) is 24.6. The number of aliphatic hydroxyl groups excluding tert-OH is 1. The summed E-state index contributed by atoms with van der Waals surface area (Å²) in [5, 5.41) is 14.2. The maximum atomic E-state index is 14.3. The van der Waals surface area contributed by atoms with Gasteiger partial charge in [-0.3, -0.25) is 9.69 Å². The molecule has 42 heavy (non-hydrogen) atoms. The number of carbonyl (C=O) groups excluding carboxylic acids is 1. The van der Waals surface area contributed by atoms with Gasteiger partial charge < -0.3 is 15.3 Å². The number of amides is 1. The number of carbonyl (C=O) groups is 1. The minimum absolute atomic E-state index is 0.0433. The molecule has 1 atom stereocenters. The molecule has 218 valence electrons. The molecule has 3 aromatic carbocycles. The second-order valence-electron chi connectivity index (χ2n) is 11.8. The average molecular weight is 563 g/mol. The quantitative estimate of drug-likeness (QED) is 0.268. The van der Waals surface area contributed by atoms with Gasteiger partial charge in [0.1, 0.15) is 0 Å². The summed E-state index contributed by atoms with van der Waals surface area (Å²) < 4.78 is 0. The van der Waals surface area contributed by atoms with Crippen molar-refractivity contribution in [2.75, 3.05) is 26.2 Å². The van der Waals surface area contributed by atoms with E-state index in [0.29, 0.717) is 12.6 Å². The van der Waals surface area contributed by atoms with Gasteiger partial charge in [0.15, 0.2) is 0 Å². The highest BCUT2D eigenvalue weighted by Crippen LogP contribution is 2.33. The predicted octanol–water partition coefficient (Wildman–Crippen LogP) is 6.20. The standard InChI is InChI=1S/C36H42N4O2/c1-2-32(26-11-5-3-6-12-26)38-36(42)34-30-15-9-10-16-33(30)37-35(27-13-7-4-8-14-27)31(34)25-39-21-17-28(18-22-39)40-23-19-29(41)20-24-40/h3-16,28-29,32,41H,2,17-25H2,1H3,(H,38,42)/t32-/m0/s1. The molecule has 6 nitrogen and oxygen atoms in total. The summed E-state index contributed by atoms with van der Waals surface area (Å²) in [5.74, 6) is -0.0433. The van der Waals surface area contributed by atoms with E-state index in [1.165, 1.54) is 0 Å². The van der Waals surface area contributed by atoms with Crippen molar-refractivity contribution >= 4 is 16.8 Å². The highest BCUT2D eigenvalue weighted by atomic mass is 16.3. The van der Waals surface area contributed by atoms with Crippen LogP contribution in [0.2, 0.25) is 0 Å². The number of rotatable bonds is 8. The van der Waals surface area contributed by atoms with E-state index in [4.69, 9.17) is 4.98 Å². The van der Waals surface area contributed by atoms with E-state index < -0.39 is 0 Å². The van der Waals surface area contributed by atoms with Gasteiger partial charge in [0.05, 0.1) is 28.9 Å². The molecule has 0 unspecified atom stereocenters. The number of fused-ring (bicyclic) bond motifs is 1. The summed E-state index contributed by atoms with van der Waals surface area (Å²) in [5.41, 5.74) is 5.61. The van der Waals surface area contributed by atoms with Crippen LogP contribution in [0, 0.1) is 0 Å². The SMILES string of the molecule is CC[C@H](NC(=O)c1c(CN2CCC(N3CCC(O)CC3)CC2)c(-c2ccccc2)nc2ccccc12)c1ccccc1. The van der Waals surface area contributed by atoms with Crippen LogP contribution in [0.15, 0.2) is 84.9 Å². The third kappa shape index (κ3) is 6.26. The van der Waals surface area contributed by atoms with E-state index >= 15 is 0 Å². The Kier molecular flexibility index (Phi) is 8.94. The number of nitrogens with one attached hydrogen (secondary N) is 1. The van der Waals surface area contributed by atoms with Crippen molar-refractivity contribution in [3.63, 3.8) is 0 Å². The van der Waals surface area contributed by atoms with Crippen molar-refractivity contribution in [3.05, 3.63) is 102 Å². The molecule has 3 heterocycles. The second kappa shape index (κ2) is 13.2. The van der Waals surface area contributed by atoms with Gasteiger partial charge in [-0.2, -0.15) is 0 Å². The average Bonchev–Trinajstić information content (AvgIpc) is 3.04. The zero-order valence-electron chi connectivity index (χ0n) is 24.6.